The van der Waals surface area contributed by atoms with Crippen LogP contribution in [0.15, 0.2) is 41.3 Å². The van der Waals surface area contributed by atoms with Gasteiger partial charge in [-0.2, -0.15) is 0 Å². The molecule has 0 amide bonds. The highest BCUT2D eigenvalue weighted by Crippen LogP contribution is 2.30. The smallest absolute Gasteiger partial charge is 0.265 e. The Morgan fingerprint density at radius 2 is 2.00 bits per heavy atom. The number of sulfonamides is 1. The summed E-state index contributed by atoms with van der Waals surface area (Å²) in [4.78, 5) is 4.35. The molecule has 0 aliphatic heterocycles. The first-order valence-electron chi connectivity index (χ1n) is 6.62. The number of hydrogen-bond donors (Lipinski definition) is 1. The summed E-state index contributed by atoms with van der Waals surface area (Å²) >= 11 is 7.42. The highest BCUT2D eigenvalue weighted by Gasteiger charge is 2.20. The zero-order valence-electron chi connectivity index (χ0n) is 12.3. The Hall–Kier alpha value is -1.83. The third kappa shape index (κ3) is 3.26. The molecule has 3 aromatic rings. The maximum absolute atomic E-state index is 12.6. The molecular weight excluding hydrogens is 356 g/mol. The summed E-state index contributed by atoms with van der Waals surface area (Å²) in [6.07, 6.45) is 0. The average molecular weight is 369 g/mol. The van der Waals surface area contributed by atoms with Crippen molar-refractivity contribution >= 4 is 48.9 Å². The van der Waals surface area contributed by atoms with Crippen LogP contribution in [0.2, 0.25) is 5.02 Å². The van der Waals surface area contributed by atoms with Crippen LogP contribution in [0.1, 0.15) is 5.01 Å². The average Bonchev–Trinajstić information content (AvgIpc) is 2.86. The van der Waals surface area contributed by atoms with Gasteiger partial charge in [-0.25, -0.2) is 13.4 Å². The van der Waals surface area contributed by atoms with Gasteiger partial charge in [-0.1, -0.05) is 11.6 Å². The fourth-order valence-electron chi connectivity index (χ4n) is 2.17. The Kier molecular flexibility index (Phi) is 4.18. The van der Waals surface area contributed by atoms with E-state index in [1.807, 2.05) is 6.92 Å². The number of nitrogens with zero attached hydrogens (tertiary/aromatic N) is 1. The van der Waals surface area contributed by atoms with E-state index in [-0.39, 0.29) is 10.6 Å². The van der Waals surface area contributed by atoms with Crippen LogP contribution in [0.25, 0.3) is 10.2 Å². The topological polar surface area (TPSA) is 68.3 Å². The molecule has 120 valence electrons. The second-order valence-corrected chi connectivity index (χ2v) is 8.14. The van der Waals surface area contributed by atoms with Gasteiger partial charge >= 0.3 is 0 Å². The molecule has 0 saturated heterocycles. The number of halogens is 1. The second kappa shape index (κ2) is 5.99. The van der Waals surface area contributed by atoms with Gasteiger partial charge in [0.1, 0.15) is 10.6 Å². The van der Waals surface area contributed by atoms with Crippen molar-refractivity contribution in [2.24, 2.45) is 0 Å². The van der Waals surface area contributed by atoms with Crippen LogP contribution in [-0.4, -0.2) is 20.5 Å². The van der Waals surface area contributed by atoms with Crippen LogP contribution in [0.5, 0.6) is 5.75 Å². The lowest BCUT2D eigenvalue weighted by Gasteiger charge is -2.12. The molecule has 2 aromatic carbocycles. The molecule has 0 spiro atoms. The van der Waals surface area contributed by atoms with Crippen LogP contribution in [0.3, 0.4) is 0 Å². The van der Waals surface area contributed by atoms with Gasteiger partial charge in [-0.3, -0.25) is 4.72 Å². The molecule has 1 N–H and O–H groups in total. The van der Waals surface area contributed by atoms with Crippen molar-refractivity contribution < 1.29 is 13.2 Å². The van der Waals surface area contributed by atoms with Crippen molar-refractivity contribution in [1.82, 2.24) is 4.98 Å². The largest absolute Gasteiger partial charge is 0.495 e. The molecule has 0 aliphatic carbocycles. The number of fused-ring (bicyclic) bond motifs is 1. The SMILES string of the molecule is COc1ccc(Cl)cc1S(=O)(=O)Nc1ccc2nc(C)sc2c1. The summed E-state index contributed by atoms with van der Waals surface area (Å²) in [5.41, 5.74) is 1.30. The minimum atomic E-state index is -3.82. The molecule has 0 saturated carbocycles. The van der Waals surface area contributed by atoms with E-state index in [9.17, 15) is 8.42 Å². The fourth-order valence-corrected chi connectivity index (χ4v) is 4.52. The number of methoxy groups -OCH3 is 1. The number of aromatic nitrogens is 1. The first-order chi connectivity index (χ1) is 10.9. The van der Waals surface area contributed by atoms with Gasteiger partial charge in [0.2, 0.25) is 0 Å². The first-order valence-corrected chi connectivity index (χ1v) is 9.30. The Morgan fingerprint density at radius 3 is 2.74 bits per heavy atom. The van der Waals surface area contributed by atoms with Crippen molar-refractivity contribution in [3.8, 4) is 5.75 Å². The third-order valence-electron chi connectivity index (χ3n) is 3.16. The highest BCUT2D eigenvalue weighted by molar-refractivity contribution is 7.92. The maximum Gasteiger partial charge on any atom is 0.265 e. The van der Waals surface area contributed by atoms with Crippen molar-refractivity contribution in [2.75, 3.05) is 11.8 Å². The quantitative estimate of drug-likeness (QED) is 0.753. The number of benzene rings is 2. The normalized spacial score (nSPS) is 11.6. The van der Waals surface area contributed by atoms with Gasteiger partial charge in [-0.05, 0) is 43.3 Å². The number of aryl methyl sites for hydroxylation is 1. The van der Waals surface area contributed by atoms with Crippen molar-refractivity contribution in [3.63, 3.8) is 0 Å². The van der Waals surface area contributed by atoms with E-state index in [2.05, 4.69) is 9.71 Å². The van der Waals surface area contributed by atoms with Crippen LogP contribution in [0.4, 0.5) is 5.69 Å². The molecule has 0 aliphatic rings. The summed E-state index contributed by atoms with van der Waals surface area (Å²) in [5.74, 6) is 0.233. The molecule has 0 fully saturated rings. The van der Waals surface area contributed by atoms with E-state index in [0.29, 0.717) is 10.7 Å². The zero-order chi connectivity index (χ0) is 16.6. The number of ether oxygens (including phenoxy) is 1. The number of hydrogen-bond acceptors (Lipinski definition) is 5. The number of anilines is 1. The second-order valence-electron chi connectivity index (χ2n) is 4.82. The van der Waals surface area contributed by atoms with E-state index < -0.39 is 10.0 Å². The molecule has 0 bridgehead atoms. The molecule has 1 aromatic heterocycles. The lowest BCUT2D eigenvalue weighted by molar-refractivity contribution is 0.403. The Labute approximate surface area is 142 Å². The fraction of sp³-hybridized carbons (Fsp3) is 0.133. The predicted octanol–water partition coefficient (Wildman–Crippen LogP) is 4.07. The number of rotatable bonds is 4. The molecule has 0 unspecified atom stereocenters. The van der Waals surface area contributed by atoms with Crippen LogP contribution < -0.4 is 9.46 Å². The molecule has 23 heavy (non-hydrogen) atoms. The lowest BCUT2D eigenvalue weighted by atomic mass is 10.3. The minimum absolute atomic E-state index is 0.00641. The van der Waals surface area contributed by atoms with E-state index in [1.54, 1.807) is 24.3 Å². The molecule has 1 heterocycles. The standard InChI is InChI=1S/C15H13ClN2O3S2/c1-9-17-12-5-4-11(8-14(12)22-9)18-23(19,20)15-7-10(16)3-6-13(15)21-2/h3-8,18H,1-2H3. The third-order valence-corrected chi connectivity index (χ3v) is 5.73. The van der Waals surface area contributed by atoms with E-state index in [4.69, 9.17) is 16.3 Å². The summed E-state index contributed by atoms with van der Waals surface area (Å²) in [6, 6.07) is 9.67. The van der Waals surface area contributed by atoms with Crippen molar-refractivity contribution in [3.05, 3.63) is 46.4 Å². The van der Waals surface area contributed by atoms with Crippen LogP contribution >= 0.6 is 22.9 Å². The predicted molar refractivity (Wildman–Crippen MR) is 93.2 cm³/mol. The maximum atomic E-state index is 12.6. The van der Waals surface area contributed by atoms with Gasteiger partial charge < -0.3 is 4.74 Å². The minimum Gasteiger partial charge on any atom is -0.495 e. The zero-order valence-corrected chi connectivity index (χ0v) is 14.7. The Balaban J connectivity index is 2.01. The molecule has 0 radical (unpaired) electrons. The first kappa shape index (κ1) is 16.0. The molecule has 8 heteroatoms. The van der Waals surface area contributed by atoms with Gasteiger partial charge in [0.15, 0.2) is 0 Å². The molecule has 5 nitrogen and oxygen atoms in total. The molecule has 0 atom stereocenters. The molecule has 3 rings (SSSR count). The summed E-state index contributed by atoms with van der Waals surface area (Å²) in [6.45, 7) is 1.91. The van der Waals surface area contributed by atoms with Gasteiger partial charge in [0.25, 0.3) is 10.0 Å². The van der Waals surface area contributed by atoms with E-state index in [0.717, 1.165) is 15.2 Å². The van der Waals surface area contributed by atoms with Crippen molar-refractivity contribution in [2.45, 2.75) is 11.8 Å². The summed E-state index contributed by atoms with van der Waals surface area (Å²) in [7, 11) is -2.40. The van der Waals surface area contributed by atoms with Gasteiger partial charge in [0.05, 0.1) is 28.0 Å². The highest BCUT2D eigenvalue weighted by atomic mass is 35.5. The number of thiazole rings is 1. The Morgan fingerprint density at radius 1 is 1.22 bits per heavy atom. The van der Waals surface area contributed by atoms with Crippen LogP contribution in [-0.2, 0) is 10.0 Å². The molecular formula is C15H13ClN2O3S2. The van der Waals surface area contributed by atoms with Gasteiger partial charge in [0, 0.05) is 5.02 Å². The monoisotopic (exact) mass is 368 g/mol. The van der Waals surface area contributed by atoms with E-state index in [1.165, 1.54) is 30.6 Å². The number of nitrogens with one attached hydrogen (secondary N) is 1. The summed E-state index contributed by atoms with van der Waals surface area (Å²) < 4.78 is 33.8. The van der Waals surface area contributed by atoms with E-state index >= 15 is 0 Å². The Bertz CT molecular complexity index is 984. The van der Waals surface area contributed by atoms with Crippen LogP contribution in [0, 0.1) is 6.92 Å². The van der Waals surface area contributed by atoms with Crippen molar-refractivity contribution in [1.29, 1.82) is 0 Å². The summed E-state index contributed by atoms with van der Waals surface area (Å²) in [5, 5.41) is 1.25. The van der Waals surface area contributed by atoms with Gasteiger partial charge in [-0.15, -0.1) is 11.3 Å². The lowest BCUT2D eigenvalue weighted by Crippen LogP contribution is -2.14.